The Morgan fingerprint density at radius 1 is 1.19 bits per heavy atom. The molecule has 0 fully saturated rings. The lowest BCUT2D eigenvalue weighted by Crippen LogP contribution is -2.07. The van der Waals surface area contributed by atoms with Gasteiger partial charge in [0.1, 0.15) is 27.8 Å². The molecule has 0 aliphatic rings. The molecule has 4 aromatic rings. The third-order valence-electron chi connectivity index (χ3n) is 3.95. The molecule has 0 saturated heterocycles. The van der Waals surface area contributed by atoms with Gasteiger partial charge >= 0.3 is 5.97 Å². The quantitative estimate of drug-likeness (QED) is 0.273. The number of ether oxygens (including phenoxy) is 1. The Hall–Kier alpha value is -2.03. The second kappa shape index (κ2) is 7.30. The Bertz CT molecular complexity index is 1070. The van der Waals surface area contributed by atoms with Gasteiger partial charge in [-0.2, -0.15) is 0 Å². The number of hydrogen-bond donors (Lipinski definition) is 0. The number of esters is 1. The van der Waals surface area contributed by atoms with E-state index < -0.39 is 0 Å². The zero-order valence-electron chi connectivity index (χ0n) is 14.2. The highest BCUT2D eigenvalue weighted by Gasteiger charge is 2.14. The third kappa shape index (κ3) is 3.44. The monoisotopic (exact) mass is 401 g/mol. The van der Waals surface area contributed by atoms with Crippen LogP contribution in [0.3, 0.4) is 0 Å². The molecule has 0 radical (unpaired) electrons. The molecule has 0 amide bonds. The number of carbonyl (C=O) groups excluding carboxylic acids is 1. The van der Waals surface area contributed by atoms with Crippen LogP contribution in [-0.4, -0.2) is 26.7 Å². The van der Waals surface area contributed by atoms with E-state index in [-0.39, 0.29) is 18.3 Å². The molecule has 5 nitrogen and oxygen atoms in total. The molecule has 132 valence electrons. The highest BCUT2D eigenvalue weighted by atomic mass is 32.2. The van der Waals surface area contributed by atoms with Crippen LogP contribution in [0, 0.1) is 13.8 Å². The summed E-state index contributed by atoms with van der Waals surface area (Å²) in [5.41, 5.74) is 2.11. The number of para-hydroxylation sites is 1. The summed E-state index contributed by atoms with van der Waals surface area (Å²) in [5, 5.41) is 2.67. The lowest BCUT2D eigenvalue weighted by Gasteiger charge is -2.04. The van der Waals surface area contributed by atoms with Crippen molar-refractivity contribution in [1.82, 2.24) is 15.0 Å². The molecule has 0 aliphatic heterocycles. The third-order valence-corrected chi connectivity index (χ3v) is 7.04. The van der Waals surface area contributed by atoms with Crippen LogP contribution in [0.5, 0.6) is 0 Å². The molecule has 26 heavy (non-hydrogen) atoms. The minimum Gasteiger partial charge on any atom is -0.458 e. The lowest BCUT2D eigenvalue weighted by molar-refractivity contribution is -0.141. The van der Waals surface area contributed by atoms with Crippen LogP contribution in [0.1, 0.15) is 15.4 Å². The van der Waals surface area contributed by atoms with Gasteiger partial charge in [0.2, 0.25) is 0 Å². The van der Waals surface area contributed by atoms with Gasteiger partial charge in [-0.3, -0.25) is 4.79 Å². The molecule has 8 heteroatoms. The van der Waals surface area contributed by atoms with Crippen LogP contribution in [0.15, 0.2) is 35.6 Å². The van der Waals surface area contributed by atoms with E-state index in [1.54, 1.807) is 29.0 Å². The fourth-order valence-corrected chi connectivity index (χ4v) is 5.35. The number of thiophene rings is 1. The van der Waals surface area contributed by atoms with Gasteiger partial charge in [0.05, 0.1) is 16.0 Å². The second-order valence-electron chi connectivity index (χ2n) is 5.67. The molecule has 0 atom stereocenters. The SMILES string of the molecule is Cc1sc2ncnc(SCC(=O)OCc3nc4ccccc4s3)c2c1C. The summed E-state index contributed by atoms with van der Waals surface area (Å²) < 4.78 is 6.47. The van der Waals surface area contributed by atoms with Crippen LogP contribution in [0.2, 0.25) is 0 Å². The summed E-state index contributed by atoms with van der Waals surface area (Å²) in [6.45, 7) is 4.34. The summed E-state index contributed by atoms with van der Waals surface area (Å²) in [6, 6.07) is 7.90. The van der Waals surface area contributed by atoms with Gasteiger partial charge in [-0.25, -0.2) is 15.0 Å². The average Bonchev–Trinajstić information content (AvgIpc) is 3.19. The molecule has 0 saturated carbocycles. The van der Waals surface area contributed by atoms with Crippen molar-refractivity contribution < 1.29 is 9.53 Å². The van der Waals surface area contributed by atoms with Crippen molar-refractivity contribution in [1.29, 1.82) is 0 Å². The lowest BCUT2D eigenvalue weighted by atomic mass is 10.2. The second-order valence-corrected chi connectivity index (χ2v) is 8.95. The molecular formula is C18H15N3O2S3. The predicted molar refractivity (Wildman–Crippen MR) is 107 cm³/mol. The highest BCUT2D eigenvalue weighted by molar-refractivity contribution is 8.00. The number of aryl methyl sites for hydroxylation is 2. The van der Waals surface area contributed by atoms with Gasteiger partial charge < -0.3 is 4.74 Å². The van der Waals surface area contributed by atoms with Crippen molar-refractivity contribution in [2.45, 2.75) is 25.5 Å². The number of rotatable bonds is 5. The zero-order valence-corrected chi connectivity index (χ0v) is 16.6. The predicted octanol–water partition coefficient (Wildman–Crippen LogP) is 4.75. The number of hydrogen-bond acceptors (Lipinski definition) is 8. The minimum atomic E-state index is -0.273. The van der Waals surface area contributed by atoms with Gasteiger partial charge in [-0.15, -0.1) is 22.7 Å². The summed E-state index contributed by atoms with van der Waals surface area (Å²) in [6.07, 6.45) is 1.55. The van der Waals surface area contributed by atoms with Gasteiger partial charge in [-0.05, 0) is 31.5 Å². The van der Waals surface area contributed by atoms with Crippen LogP contribution >= 0.6 is 34.4 Å². The Morgan fingerprint density at radius 2 is 2.04 bits per heavy atom. The van der Waals surface area contributed by atoms with Crippen molar-refractivity contribution in [3.63, 3.8) is 0 Å². The summed E-state index contributed by atoms with van der Waals surface area (Å²) >= 11 is 4.58. The molecule has 0 N–H and O–H groups in total. The van der Waals surface area contributed by atoms with Gasteiger partial charge in [0.25, 0.3) is 0 Å². The van der Waals surface area contributed by atoms with E-state index in [9.17, 15) is 4.79 Å². The molecule has 3 heterocycles. The molecule has 0 aliphatic carbocycles. The highest BCUT2D eigenvalue weighted by Crippen LogP contribution is 2.34. The minimum absolute atomic E-state index is 0.203. The van der Waals surface area contributed by atoms with Crippen molar-refractivity contribution >= 4 is 60.8 Å². The fourth-order valence-electron chi connectivity index (χ4n) is 2.55. The Labute approximate surface area is 162 Å². The summed E-state index contributed by atoms with van der Waals surface area (Å²) in [4.78, 5) is 27.4. The molecule has 4 rings (SSSR count). The first-order valence-corrected chi connectivity index (χ1v) is 10.6. The van der Waals surface area contributed by atoms with E-state index in [1.165, 1.54) is 22.2 Å². The number of aromatic nitrogens is 3. The Balaban J connectivity index is 1.40. The van der Waals surface area contributed by atoms with Crippen molar-refractivity contribution in [2.24, 2.45) is 0 Å². The van der Waals surface area contributed by atoms with Crippen molar-refractivity contribution in [3.8, 4) is 0 Å². The molecule has 0 unspecified atom stereocenters. The summed E-state index contributed by atoms with van der Waals surface area (Å²) in [7, 11) is 0. The van der Waals surface area contributed by atoms with Crippen LogP contribution in [-0.2, 0) is 16.1 Å². The van der Waals surface area contributed by atoms with E-state index in [0.717, 1.165) is 30.5 Å². The molecular weight excluding hydrogens is 386 g/mol. The van der Waals surface area contributed by atoms with Crippen LogP contribution in [0.4, 0.5) is 0 Å². The van der Waals surface area contributed by atoms with E-state index >= 15 is 0 Å². The number of thioether (sulfide) groups is 1. The van der Waals surface area contributed by atoms with E-state index in [4.69, 9.17) is 4.74 Å². The van der Waals surface area contributed by atoms with Gasteiger partial charge in [0.15, 0.2) is 0 Å². The molecule has 3 aromatic heterocycles. The Kier molecular flexibility index (Phi) is 4.88. The maximum atomic E-state index is 12.1. The van der Waals surface area contributed by atoms with Crippen LogP contribution in [0.25, 0.3) is 20.4 Å². The fraction of sp³-hybridized carbons (Fsp3) is 0.222. The average molecular weight is 402 g/mol. The van der Waals surface area contributed by atoms with E-state index in [1.807, 2.05) is 24.3 Å². The summed E-state index contributed by atoms with van der Waals surface area (Å²) in [5.74, 6) is -0.0589. The van der Waals surface area contributed by atoms with E-state index in [2.05, 4.69) is 28.8 Å². The number of fused-ring (bicyclic) bond motifs is 2. The maximum absolute atomic E-state index is 12.1. The standard InChI is InChI=1S/C18H15N3O2S3/c1-10-11(2)25-18-16(10)17(19-9-20-18)24-8-15(22)23-7-14-21-12-5-3-4-6-13(12)26-14/h3-6,9H,7-8H2,1-2H3. The first-order valence-electron chi connectivity index (χ1n) is 7.95. The molecule has 1 aromatic carbocycles. The number of nitrogens with zero attached hydrogens (tertiary/aromatic N) is 3. The zero-order chi connectivity index (χ0) is 18.1. The Morgan fingerprint density at radius 3 is 2.88 bits per heavy atom. The van der Waals surface area contributed by atoms with Crippen molar-refractivity contribution in [3.05, 3.63) is 46.0 Å². The first-order chi connectivity index (χ1) is 12.6. The molecule has 0 bridgehead atoms. The number of carbonyl (C=O) groups is 1. The van der Waals surface area contributed by atoms with Crippen LogP contribution < -0.4 is 0 Å². The first kappa shape index (κ1) is 17.4. The normalized spacial score (nSPS) is 11.3. The van der Waals surface area contributed by atoms with Crippen molar-refractivity contribution in [2.75, 3.05) is 5.75 Å². The molecule has 0 spiro atoms. The smallest absolute Gasteiger partial charge is 0.316 e. The van der Waals surface area contributed by atoms with Gasteiger partial charge in [-0.1, -0.05) is 23.9 Å². The number of thiazole rings is 1. The largest absolute Gasteiger partial charge is 0.458 e. The topological polar surface area (TPSA) is 65.0 Å². The van der Waals surface area contributed by atoms with E-state index in [0.29, 0.717) is 0 Å². The maximum Gasteiger partial charge on any atom is 0.316 e. The number of benzene rings is 1. The van der Waals surface area contributed by atoms with Gasteiger partial charge in [0, 0.05) is 10.3 Å².